The predicted octanol–water partition coefficient (Wildman–Crippen LogP) is 2.04. The van der Waals surface area contributed by atoms with Gasteiger partial charge in [-0.3, -0.25) is 4.79 Å². The standard InChI is InChI=1S/C13H10N2O/c1-15-12-5-3-2-4-10(12)14-11-7-6-9(16)8-13(11)15/h2-8H,1H3. The molecule has 0 amide bonds. The zero-order chi connectivity index (χ0) is 11.1. The number of para-hydroxylation sites is 2. The molecule has 2 aliphatic rings. The van der Waals surface area contributed by atoms with Crippen LogP contribution in [-0.2, 0) is 7.05 Å². The lowest BCUT2D eigenvalue weighted by molar-refractivity contribution is 0.945. The van der Waals surface area contributed by atoms with Gasteiger partial charge in [0.2, 0.25) is 0 Å². The van der Waals surface area contributed by atoms with E-state index in [2.05, 4.69) is 4.98 Å². The second-order valence-corrected chi connectivity index (χ2v) is 3.81. The number of benzene rings is 2. The normalized spacial score (nSPS) is 11.1. The van der Waals surface area contributed by atoms with Crippen LogP contribution in [0.2, 0.25) is 0 Å². The molecule has 0 N–H and O–H groups in total. The molecule has 1 aromatic rings. The van der Waals surface area contributed by atoms with Crippen molar-refractivity contribution in [2.75, 3.05) is 0 Å². The molecule has 0 unspecified atom stereocenters. The summed E-state index contributed by atoms with van der Waals surface area (Å²) in [5.41, 5.74) is 3.70. The molecule has 1 aliphatic heterocycles. The van der Waals surface area contributed by atoms with Gasteiger partial charge in [-0.15, -0.1) is 0 Å². The molecule has 1 aromatic carbocycles. The summed E-state index contributed by atoms with van der Waals surface area (Å²) in [6.45, 7) is 0. The molecule has 0 radical (unpaired) electrons. The molecule has 3 nitrogen and oxygen atoms in total. The SMILES string of the molecule is Cn1c2cc(=O)ccc-2nc2ccccc21. The number of fused-ring (bicyclic) bond motifs is 2. The molecule has 16 heavy (non-hydrogen) atoms. The summed E-state index contributed by atoms with van der Waals surface area (Å²) >= 11 is 0. The van der Waals surface area contributed by atoms with Gasteiger partial charge in [0.15, 0.2) is 5.43 Å². The van der Waals surface area contributed by atoms with Crippen molar-refractivity contribution in [3.63, 3.8) is 0 Å². The summed E-state index contributed by atoms with van der Waals surface area (Å²) in [7, 11) is 1.95. The quantitative estimate of drug-likeness (QED) is 0.532. The molecule has 0 spiro atoms. The van der Waals surface area contributed by atoms with Crippen molar-refractivity contribution in [3.05, 3.63) is 52.7 Å². The molecule has 3 heteroatoms. The van der Waals surface area contributed by atoms with E-state index in [1.165, 1.54) is 0 Å². The van der Waals surface area contributed by atoms with Crippen molar-refractivity contribution >= 4 is 11.0 Å². The minimum atomic E-state index is 0.0141. The van der Waals surface area contributed by atoms with Gasteiger partial charge in [-0.1, -0.05) is 12.1 Å². The zero-order valence-corrected chi connectivity index (χ0v) is 8.84. The van der Waals surface area contributed by atoms with Gasteiger partial charge in [0.25, 0.3) is 0 Å². The molecule has 3 rings (SSSR count). The summed E-state index contributed by atoms with van der Waals surface area (Å²) in [5, 5.41) is 0. The van der Waals surface area contributed by atoms with Crippen molar-refractivity contribution in [1.82, 2.24) is 9.55 Å². The lowest BCUT2D eigenvalue weighted by atomic mass is 10.2. The molecule has 1 heterocycles. The van der Waals surface area contributed by atoms with Crippen LogP contribution >= 0.6 is 0 Å². The summed E-state index contributed by atoms with van der Waals surface area (Å²) < 4.78 is 2.00. The third kappa shape index (κ3) is 1.21. The first-order chi connectivity index (χ1) is 7.75. The average molecular weight is 210 g/mol. The minimum absolute atomic E-state index is 0.0141. The van der Waals surface area contributed by atoms with Crippen molar-refractivity contribution in [2.24, 2.45) is 7.05 Å². The first-order valence-electron chi connectivity index (χ1n) is 5.11. The Kier molecular flexibility index (Phi) is 1.80. The maximum atomic E-state index is 11.3. The second kappa shape index (κ2) is 3.17. The summed E-state index contributed by atoms with van der Waals surface area (Å²) in [4.78, 5) is 15.9. The van der Waals surface area contributed by atoms with E-state index in [9.17, 15) is 4.79 Å². The Morgan fingerprint density at radius 1 is 1.12 bits per heavy atom. The van der Waals surface area contributed by atoms with Gasteiger partial charge in [-0.2, -0.15) is 0 Å². The highest BCUT2D eigenvalue weighted by atomic mass is 16.1. The van der Waals surface area contributed by atoms with Crippen LogP contribution < -0.4 is 5.43 Å². The van der Waals surface area contributed by atoms with Crippen LogP contribution in [0.3, 0.4) is 0 Å². The summed E-state index contributed by atoms with van der Waals surface area (Å²) in [6.07, 6.45) is 0. The molecule has 0 atom stereocenters. The van der Waals surface area contributed by atoms with Gasteiger partial charge in [0.05, 0.1) is 22.4 Å². The maximum absolute atomic E-state index is 11.3. The van der Waals surface area contributed by atoms with Gasteiger partial charge < -0.3 is 4.57 Å². The van der Waals surface area contributed by atoms with E-state index in [1.807, 2.05) is 35.9 Å². The van der Waals surface area contributed by atoms with Crippen LogP contribution in [0.5, 0.6) is 0 Å². The molecule has 78 valence electrons. The van der Waals surface area contributed by atoms with E-state index in [1.54, 1.807) is 18.2 Å². The highest BCUT2D eigenvalue weighted by Crippen LogP contribution is 2.22. The molecule has 1 aliphatic carbocycles. The van der Waals surface area contributed by atoms with E-state index in [0.29, 0.717) is 0 Å². The fraction of sp³-hybridized carbons (Fsp3) is 0.0769. The zero-order valence-electron chi connectivity index (χ0n) is 8.84. The second-order valence-electron chi connectivity index (χ2n) is 3.81. The van der Waals surface area contributed by atoms with Crippen LogP contribution in [-0.4, -0.2) is 9.55 Å². The molecule has 0 saturated carbocycles. The summed E-state index contributed by atoms with van der Waals surface area (Å²) in [5.74, 6) is 0. The van der Waals surface area contributed by atoms with E-state index in [-0.39, 0.29) is 5.43 Å². The van der Waals surface area contributed by atoms with Gasteiger partial charge in [0, 0.05) is 13.1 Å². The van der Waals surface area contributed by atoms with Crippen molar-refractivity contribution in [2.45, 2.75) is 0 Å². The highest BCUT2D eigenvalue weighted by Gasteiger charge is 2.09. The Morgan fingerprint density at radius 2 is 1.94 bits per heavy atom. The van der Waals surface area contributed by atoms with Crippen LogP contribution in [0.15, 0.2) is 47.3 Å². The lowest BCUT2D eigenvalue weighted by Gasteiger charge is -2.13. The van der Waals surface area contributed by atoms with Gasteiger partial charge in [-0.25, -0.2) is 4.98 Å². The topological polar surface area (TPSA) is 34.9 Å². The number of aryl methyl sites for hydroxylation is 1. The first-order valence-corrected chi connectivity index (χ1v) is 5.11. The third-order valence-corrected chi connectivity index (χ3v) is 2.79. The molecule has 0 aromatic heterocycles. The van der Waals surface area contributed by atoms with Crippen LogP contribution in [0, 0.1) is 0 Å². The Morgan fingerprint density at radius 3 is 2.81 bits per heavy atom. The van der Waals surface area contributed by atoms with Crippen LogP contribution in [0.25, 0.3) is 22.4 Å². The molecular formula is C13H10N2O. The Labute approximate surface area is 92.3 Å². The Balaban J connectivity index is 2.57. The smallest absolute Gasteiger partial charge is 0.180 e. The number of aromatic nitrogens is 2. The summed E-state index contributed by atoms with van der Waals surface area (Å²) in [6, 6.07) is 12.8. The third-order valence-electron chi connectivity index (χ3n) is 2.79. The van der Waals surface area contributed by atoms with E-state index < -0.39 is 0 Å². The molecular weight excluding hydrogens is 200 g/mol. The molecule has 0 saturated heterocycles. The van der Waals surface area contributed by atoms with Crippen molar-refractivity contribution in [3.8, 4) is 11.4 Å². The number of rotatable bonds is 0. The highest BCUT2D eigenvalue weighted by molar-refractivity contribution is 5.80. The van der Waals surface area contributed by atoms with E-state index >= 15 is 0 Å². The van der Waals surface area contributed by atoms with Crippen molar-refractivity contribution in [1.29, 1.82) is 0 Å². The fourth-order valence-electron chi connectivity index (χ4n) is 1.97. The largest absolute Gasteiger partial charge is 0.341 e. The predicted molar refractivity (Wildman–Crippen MR) is 63.6 cm³/mol. The van der Waals surface area contributed by atoms with Gasteiger partial charge >= 0.3 is 0 Å². The number of hydrogen-bond acceptors (Lipinski definition) is 2. The van der Waals surface area contributed by atoms with Crippen LogP contribution in [0.4, 0.5) is 0 Å². The van der Waals surface area contributed by atoms with Gasteiger partial charge in [-0.05, 0) is 24.3 Å². The molecule has 0 bridgehead atoms. The lowest BCUT2D eigenvalue weighted by Crippen LogP contribution is -2.07. The number of nitrogens with zero attached hydrogens (tertiary/aromatic N) is 2. The van der Waals surface area contributed by atoms with E-state index in [0.717, 1.165) is 22.4 Å². The monoisotopic (exact) mass is 210 g/mol. The van der Waals surface area contributed by atoms with E-state index in [4.69, 9.17) is 0 Å². The molecule has 0 fully saturated rings. The average Bonchev–Trinajstić information content (AvgIpc) is 2.31. The van der Waals surface area contributed by atoms with Gasteiger partial charge in [0.1, 0.15) is 0 Å². The number of hydrogen-bond donors (Lipinski definition) is 0. The Hall–Kier alpha value is -2.16. The van der Waals surface area contributed by atoms with Crippen molar-refractivity contribution < 1.29 is 0 Å². The van der Waals surface area contributed by atoms with Crippen LogP contribution in [0.1, 0.15) is 0 Å². The Bertz CT molecular complexity index is 700. The fourth-order valence-corrected chi connectivity index (χ4v) is 1.97. The first kappa shape index (κ1) is 9.09. The minimum Gasteiger partial charge on any atom is -0.341 e. The maximum Gasteiger partial charge on any atom is 0.180 e.